The van der Waals surface area contributed by atoms with Crippen molar-refractivity contribution in [1.29, 1.82) is 0 Å². The van der Waals surface area contributed by atoms with Gasteiger partial charge in [-0.1, -0.05) is 108 Å². The van der Waals surface area contributed by atoms with Crippen LogP contribution in [0, 0.1) is 5.92 Å². The highest BCUT2D eigenvalue weighted by atomic mass is 16.4. The fourth-order valence-electron chi connectivity index (χ4n) is 4.10. The van der Waals surface area contributed by atoms with Crippen molar-refractivity contribution in [2.24, 2.45) is 11.1 Å². The molecule has 1 saturated carbocycles. The molecule has 1 atom stereocenters. The Morgan fingerprint density at radius 3 is 1.75 bits per heavy atom. The van der Waals surface area contributed by atoms with E-state index in [1.807, 2.05) is 0 Å². The van der Waals surface area contributed by atoms with E-state index in [0.29, 0.717) is 5.92 Å². The monoisotopic (exact) mass is 337 g/mol. The van der Waals surface area contributed by atoms with Crippen molar-refractivity contribution >= 4 is 5.71 Å². The maximum atomic E-state index is 9.06. The zero-order chi connectivity index (χ0) is 17.3. The third kappa shape index (κ3) is 11.1. The zero-order valence-corrected chi connectivity index (χ0v) is 16.4. The Kier molecular flexibility index (Phi) is 14.3. The van der Waals surface area contributed by atoms with Crippen LogP contribution in [0.5, 0.6) is 0 Å². The van der Waals surface area contributed by atoms with E-state index in [1.165, 1.54) is 116 Å². The van der Waals surface area contributed by atoms with Crippen molar-refractivity contribution < 1.29 is 5.21 Å². The van der Waals surface area contributed by atoms with Crippen LogP contribution in [-0.4, -0.2) is 10.9 Å². The fourth-order valence-corrected chi connectivity index (χ4v) is 4.10. The molecule has 0 radical (unpaired) electrons. The first-order valence-electron chi connectivity index (χ1n) is 11.1. The van der Waals surface area contributed by atoms with E-state index < -0.39 is 0 Å². The van der Waals surface area contributed by atoms with Crippen molar-refractivity contribution in [2.75, 3.05) is 0 Å². The Balaban J connectivity index is 1.79. The molecule has 1 unspecified atom stereocenters. The lowest BCUT2D eigenvalue weighted by Crippen LogP contribution is -2.19. The summed E-state index contributed by atoms with van der Waals surface area (Å²) in [6, 6.07) is 0. The van der Waals surface area contributed by atoms with Gasteiger partial charge in [0.05, 0.1) is 5.71 Å². The predicted molar refractivity (Wildman–Crippen MR) is 106 cm³/mol. The summed E-state index contributed by atoms with van der Waals surface area (Å²) < 4.78 is 0. The molecular formula is C22H43NO. The van der Waals surface area contributed by atoms with Gasteiger partial charge in [0.1, 0.15) is 0 Å². The summed E-state index contributed by atoms with van der Waals surface area (Å²) in [5, 5.41) is 12.6. The number of nitrogens with zero attached hydrogens (tertiary/aromatic N) is 1. The molecule has 0 saturated heterocycles. The molecule has 0 aromatic carbocycles. The first-order chi connectivity index (χ1) is 11.9. The lowest BCUT2D eigenvalue weighted by molar-refractivity contribution is 0.307. The van der Waals surface area contributed by atoms with Gasteiger partial charge in [0, 0.05) is 5.92 Å². The van der Waals surface area contributed by atoms with Crippen LogP contribution < -0.4 is 0 Å². The van der Waals surface area contributed by atoms with E-state index in [0.717, 1.165) is 12.1 Å². The average molecular weight is 338 g/mol. The van der Waals surface area contributed by atoms with Gasteiger partial charge in [0.25, 0.3) is 0 Å². The highest BCUT2D eigenvalue weighted by Gasteiger charge is 2.20. The number of oxime groups is 1. The molecule has 2 heteroatoms. The van der Waals surface area contributed by atoms with Crippen molar-refractivity contribution in [1.82, 2.24) is 0 Å². The first kappa shape index (κ1) is 21.5. The molecule has 2 nitrogen and oxygen atoms in total. The molecule has 1 rings (SSSR count). The summed E-state index contributed by atoms with van der Waals surface area (Å²) in [5.41, 5.74) is 1.08. The fraction of sp³-hybridized carbons (Fsp3) is 0.955. The second-order valence-electron chi connectivity index (χ2n) is 7.92. The number of unbranched alkanes of at least 4 members (excludes halogenated alkanes) is 13. The molecule has 0 aromatic rings. The molecule has 142 valence electrons. The van der Waals surface area contributed by atoms with Gasteiger partial charge < -0.3 is 5.21 Å². The highest BCUT2D eigenvalue weighted by Crippen LogP contribution is 2.26. The molecule has 0 aliphatic heterocycles. The van der Waals surface area contributed by atoms with E-state index in [2.05, 4.69) is 12.1 Å². The molecule has 1 aliphatic carbocycles. The highest BCUT2D eigenvalue weighted by molar-refractivity contribution is 5.86. The van der Waals surface area contributed by atoms with Crippen molar-refractivity contribution in [3.63, 3.8) is 0 Å². The van der Waals surface area contributed by atoms with Gasteiger partial charge in [-0.2, -0.15) is 0 Å². The quantitative estimate of drug-likeness (QED) is 0.184. The molecule has 0 bridgehead atoms. The third-order valence-electron chi connectivity index (χ3n) is 5.74. The molecule has 24 heavy (non-hydrogen) atoms. The summed E-state index contributed by atoms with van der Waals surface area (Å²) in [6.45, 7) is 2.29. The van der Waals surface area contributed by atoms with Crippen LogP contribution in [0.15, 0.2) is 5.16 Å². The van der Waals surface area contributed by atoms with Gasteiger partial charge in [-0.3, -0.25) is 0 Å². The Hall–Kier alpha value is -0.530. The maximum absolute atomic E-state index is 9.06. The van der Waals surface area contributed by atoms with Gasteiger partial charge in [-0.05, 0) is 25.7 Å². The van der Waals surface area contributed by atoms with Crippen LogP contribution in [0.4, 0.5) is 0 Å². The van der Waals surface area contributed by atoms with Gasteiger partial charge in [0.2, 0.25) is 0 Å². The molecule has 0 amide bonds. The van der Waals surface area contributed by atoms with E-state index in [4.69, 9.17) is 5.21 Å². The van der Waals surface area contributed by atoms with E-state index in [-0.39, 0.29) is 0 Å². The van der Waals surface area contributed by atoms with Gasteiger partial charge in [-0.15, -0.1) is 0 Å². The van der Waals surface area contributed by atoms with Crippen molar-refractivity contribution in [2.45, 2.75) is 129 Å². The average Bonchev–Trinajstić information content (AvgIpc) is 2.62. The van der Waals surface area contributed by atoms with Crippen molar-refractivity contribution in [3.8, 4) is 0 Å². The minimum absolute atomic E-state index is 0.584. The standard InChI is InChI=1S/C22H43NO/c1-2-3-4-5-6-7-8-9-10-11-12-13-14-15-18-21-19-16-17-20-22(21)23-24/h21,24H,2-20H2,1H3/b23-22-. The molecule has 0 heterocycles. The Bertz CT molecular complexity index is 300. The van der Waals surface area contributed by atoms with Gasteiger partial charge in [0.15, 0.2) is 0 Å². The molecule has 1 fully saturated rings. The number of hydrogen-bond donors (Lipinski definition) is 1. The van der Waals surface area contributed by atoms with Crippen LogP contribution in [0.3, 0.4) is 0 Å². The van der Waals surface area contributed by atoms with E-state index >= 15 is 0 Å². The molecule has 0 spiro atoms. The number of rotatable bonds is 15. The van der Waals surface area contributed by atoms with Crippen LogP contribution in [-0.2, 0) is 0 Å². The predicted octanol–water partition coefficient (Wildman–Crippen LogP) is 7.88. The Labute approximate surface area is 151 Å². The topological polar surface area (TPSA) is 32.6 Å². The van der Waals surface area contributed by atoms with E-state index in [1.54, 1.807) is 0 Å². The first-order valence-corrected chi connectivity index (χ1v) is 11.1. The van der Waals surface area contributed by atoms with Crippen LogP contribution in [0.2, 0.25) is 0 Å². The van der Waals surface area contributed by atoms with Crippen LogP contribution in [0.1, 0.15) is 129 Å². The van der Waals surface area contributed by atoms with E-state index in [9.17, 15) is 0 Å². The molecular weight excluding hydrogens is 294 g/mol. The lowest BCUT2D eigenvalue weighted by atomic mass is 9.84. The minimum Gasteiger partial charge on any atom is -0.411 e. The maximum Gasteiger partial charge on any atom is 0.0601 e. The third-order valence-corrected chi connectivity index (χ3v) is 5.74. The van der Waals surface area contributed by atoms with Crippen LogP contribution >= 0.6 is 0 Å². The molecule has 1 N–H and O–H groups in total. The second kappa shape index (κ2) is 16.0. The summed E-state index contributed by atoms with van der Waals surface area (Å²) in [6.07, 6.45) is 26.0. The second-order valence-corrected chi connectivity index (χ2v) is 7.92. The summed E-state index contributed by atoms with van der Waals surface area (Å²) in [7, 11) is 0. The molecule has 1 aliphatic rings. The minimum atomic E-state index is 0.584. The Morgan fingerprint density at radius 1 is 0.750 bits per heavy atom. The van der Waals surface area contributed by atoms with Gasteiger partial charge >= 0.3 is 0 Å². The lowest BCUT2D eigenvalue weighted by Gasteiger charge is -2.22. The smallest absolute Gasteiger partial charge is 0.0601 e. The van der Waals surface area contributed by atoms with Gasteiger partial charge in [-0.25, -0.2) is 0 Å². The Morgan fingerprint density at radius 2 is 1.25 bits per heavy atom. The summed E-state index contributed by atoms with van der Waals surface area (Å²) in [4.78, 5) is 0. The summed E-state index contributed by atoms with van der Waals surface area (Å²) >= 11 is 0. The molecule has 0 aromatic heterocycles. The van der Waals surface area contributed by atoms with Crippen LogP contribution in [0.25, 0.3) is 0 Å². The van der Waals surface area contributed by atoms with Crippen molar-refractivity contribution in [3.05, 3.63) is 0 Å². The largest absolute Gasteiger partial charge is 0.411 e. The summed E-state index contributed by atoms with van der Waals surface area (Å²) in [5.74, 6) is 0.584. The SMILES string of the molecule is CCCCCCCCCCCCCCCCC1CCCC/C1=N/O. The zero-order valence-electron chi connectivity index (χ0n) is 16.4. The normalized spacial score (nSPS) is 19.9. The number of hydrogen-bond acceptors (Lipinski definition) is 2.